The van der Waals surface area contributed by atoms with Crippen molar-refractivity contribution in [2.75, 3.05) is 0 Å². The molecule has 146 valence electrons. The molecular formula is C23H21N3O3. The molecule has 3 rings (SSSR count). The molecule has 3 aromatic rings. The molecule has 1 amide bonds. The Balaban J connectivity index is 2.13. The van der Waals surface area contributed by atoms with Gasteiger partial charge in [0, 0.05) is 5.57 Å². The maximum atomic E-state index is 12.2. The Morgan fingerprint density at radius 2 is 1.34 bits per heavy atom. The van der Waals surface area contributed by atoms with E-state index < -0.39 is 5.91 Å². The second-order valence-electron chi connectivity index (χ2n) is 6.56. The maximum absolute atomic E-state index is 12.2. The van der Waals surface area contributed by atoms with Crippen LogP contribution in [0.2, 0.25) is 0 Å². The first kappa shape index (κ1) is 19.7. The van der Waals surface area contributed by atoms with Crippen LogP contribution in [0.1, 0.15) is 12.5 Å². The predicted molar refractivity (Wildman–Crippen MR) is 115 cm³/mol. The van der Waals surface area contributed by atoms with E-state index in [1.807, 2.05) is 30.3 Å². The van der Waals surface area contributed by atoms with Crippen LogP contribution in [-0.2, 0) is 4.79 Å². The molecule has 0 saturated heterocycles. The largest absolute Gasteiger partial charge is 0.508 e. The SMILES string of the molecule is CC(=Cc1cc(-c2ccc(O)cc2)ccc1-c1ccc(O)cc1)C(=O)N=C(N)N. The Hall–Kier alpha value is -4.06. The van der Waals surface area contributed by atoms with Gasteiger partial charge in [0.05, 0.1) is 0 Å². The van der Waals surface area contributed by atoms with Crippen LogP contribution >= 0.6 is 0 Å². The van der Waals surface area contributed by atoms with E-state index in [1.54, 1.807) is 49.4 Å². The van der Waals surface area contributed by atoms with Crippen molar-refractivity contribution in [3.8, 4) is 33.8 Å². The van der Waals surface area contributed by atoms with Crippen LogP contribution in [0.4, 0.5) is 0 Å². The minimum Gasteiger partial charge on any atom is -0.508 e. The third-order valence-corrected chi connectivity index (χ3v) is 4.37. The van der Waals surface area contributed by atoms with Crippen LogP contribution in [0.5, 0.6) is 11.5 Å². The van der Waals surface area contributed by atoms with E-state index in [2.05, 4.69) is 4.99 Å². The average molecular weight is 387 g/mol. The lowest BCUT2D eigenvalue weighted by Gasteiger charge is -2.11. The number of hydrogen-bond donors (Lipinski definition) is 4. The number of aliphatic imine (C=N–C) groups is 1. The van der Waals surface area contributed by atoms with Crippen LogP contribution in [0.15, 0.2) is 77.3 Å². The van der Waals surface area contributed by atoms with Crippen molar-refractivity contribution in [3.63, 3.8) is 0 Å². The second kappa shape index (κ2) is 8.31. The topological polar surface area (TPSA) is 122 Å². The van der Waals surface area contributed by atoms with Crippen molar-refractivity contribution in [2.45, 2.75) is 6.92 Å². The summed E-state index contributed by atoms with van der Waals surface area (Å²) in [5, 5.41) is 19.1. The number of nitrogens with two attached hydrogens (primary N) is 2. The number of aromatic hydroxyl groups is 2. The Labute approximate surface area is 168 Å². The number of nitrogens with zero attached hydrogens (tertiary/aromatic N) is 1. The van der Waals surface area contributed by atoms with Crippen LogP contribution < -0.4 is 11.5 Å². The van der Waals surface area contributed by atoms with Crippen molar-refractivity contribution in [1.29, 1.82) is 0 Å². The second-order valence-corrected chi connectivity index (χ2v) is 6.56. The number of hydrogen-bond acceptors (Lipinski definition) is 3. The molecule has 0 aliphatic carbocycles. The Morgan fingerprint density at radius 3 is 1.90 bits per heavy atom. The predicted octanol–water partition coefficient (Wildman–Crippen LogP) is 3.64. The van der Waals surface area contributed by atoms with Gasteiger partial charge in [-0.25, -0.2) is 0 Å². The molecule has 0 saturated carbocycles. The summed E-state index contributed by atoms with van der Waals surface area (Å²) in [6.45, 7) is 1.64. The summed E-state index contributed by atoms with van der Waals surface area (Å²) in [5.74, 6) is -0.449. The molecule has 0 atom stereocenters. The smallest absolute Gasteiger partial charge is 0.275 e. The van der Waals surface area contributed by atoms with Crippen molar-refractivity contribution in [3.05, 3.63) is 77.9 Å². The first-order chi connectivity index (χ1) is 13.8. The van der Waals surface area contributed by atoms with Gasteiger partial charge in [0.15, 0.2) is 5.96 Å². The Morgan fingerprint density at radius 1 is 0.828 bits per heavy atom. The zero-order valence-corrected chi connectivity index (χ0v) is 15.8. The van der Waals surface area contributed by atoms with E-state index in [-0.39, 0.29) is 17.5 Å². The van der Waals surface area contributed by atoms with Crippen molar-refractivity contribution >= 4 is 17.9 Å². The number of rotatable bonds is 4. The number of guanidine groups is 1. The zero-order valence-electron chi connectivity index (χ0n) is 15.8. The molecule has 29 heavy (non-hydrogen) atoms. The Bertz CT molecular complexity index is 1100. The van der Waals surface area contributed by atoms with Gasteiger partial charge in [0.25, 0.3) is 5.91 Å². The minimum absolute atomic E-state index is 0.172. The molecule has 0 fully saturated rings. The number of phenolic OH excluding ortho intramolecular Hbond substituents is 2. The molecule has 0 aliphatic heterocycles. The summed E-state index contributed by atoms with van der Waals surface area (Å²) < 4.78 is 0. The van der Waals surface area contributed by atoms with Gasteiger partial charge in [0.1, 0.15) is 11.5 Å². The lowest BCUT2D eigenvalue weighted by molar-refractivity contribution is -0.114. The normalized spacial score (nSPS) is 11.1. The molecule has 0 aliphatic rings. The van der Waals surface area contributed by atoms with Gasteiger partial charge in [-0.2, -0.15) is 4.99 Å². The molecule has 6 heteroatoms. The molecule has 0 radical (unpaired) electrons. The summed E-state index contributed by atoms with van der Waals surface area (Å²) in [6, 6.07) is 19.5. The standard InChI is InChI=1S/C23H21N3O3/c1-14(22(29)26-23(24)25)12-18-13-17(15-2-7-19(27)8-3-15)6-11-21(18)16-4-9-20(28)10-5-16/h2-13,27-28H,1H3,(H4,24,25,26,29). The summed E-state index contributed by atoms with van der Waals surface area (Å²) in [6.07, 6.45) is 1.72. The Kier molecular flexibility index (Phi) is 5.64. The van der Waals surface area contributed by atoms with E-state index >= 15 is 0 Å². The van der Waals surface area contributed by atoms with Gasteiger partial charge >= 0.3 is 0 Å². The van der Waals surface area contributed by atoms with Gasteiger partial charge < -0.3 is 21.7 Å². The summed E-state index contributed by atoms with van der Waals surface area (Å²) in [7, 11) is 0. The fourth-order valence-corrected chi connectivity index (χ4v) is 2.92. The quantitative estimate of drug-likeness (QED) is 0.309. The molecule has 0 aromatic heterocycles. The van der Waals surface area contributed by atoms with E-state index in [0.29, 0.717) is 5.57 Å². The van der Waals surface area contributed by atoms with Crippen molar-refractivity contribution in [1.82, 2.24) is 0 Å². The summed E-state index contributed by atoms with van der Waals surface area (Å²) in [4.78, 5) is 15.7. The summed E-state index contributed by atoms with van der Waals surface area (Å²) >= 11 is 0. The highest BCUT2D eigenvalue weighted by molar-refractivity contribution is 6.04. The lowest BCUT2D eigenvalue weighted by atomic mass is 9.93. The van der Waals surface area contributed by atoms with Crippen molar-refractivity contribution < 1.29 is 15.0 Å². The third-order valence-electron chi connectivity index (χ3n) is 4.37. The molecule has 0 bridgehead atoms. The summed E-state index contributed by atoms with van der Waals surface area (Å²) in [5.41, 5.74) is 15.4. The van der Waals surface area contributed by atoms with Gasteiger partial charge in [-0.15, -0.1) is 0 Å². The molecule has 3 aromatic carbocycles. The fraction of sp³-hybridized carbons (Fsp3) is 0.0435. The van der Waals surface area contributed by atoms with Crippen LogP contribution in [0.25, 0.3) is 28.3 Å². The average Bonchev–Trinajstić information content (AvgIpc) is 2.69. The molecule has 0 spiro atoms. The van der Waals surface area contributed by atoms with Crippen molar-refractivity contribution in [2.24, 2.45) is 16.5 Å². The monoisotopic (exact) mass is 387 g/mol. The highest BCUT2D eigenvalue weighted by atomic mass is 16.3. The third kappa shape index (κ3) is 4.81. The van der Waals surface area contributed by atoms with E-state index in [4.69, 9.17) is 11.5 Å². The van der Waals surface area contributed by atoms with E-state index in [9.17, 15) is 15.0 Å². The van der Waals surface area contributed by atoms with Crippen LogP contribution in [0.3, 0.4) is 0 Å². The minimum atomic E-state index is -0.517. The first-order valence-corrected chi connectivity index (χ1v) is 8.88. The van der Waals surface area contributed by atoms with Crippen LogP contribution in [0, 0.1) is 0 Å². The maximum Gasteiger partial charge on any atom is 0.275 e. The highest BCUT2D eigenvalue weighted by Gasteiger charge is 2.10. The van der Waals surface area contributed by atoms with Gasteiger partial charge in [0.2, 0.25) is 0 Å². The molecular weight excluding hydrogens is 366 g/mol. The number of carbonyl (C=O) groups excluding carboxylic acids is 1. The lowest BCUT2D eigenvalue weighted by Crippen LogP contribution is -2.24. The van der Waals surface area contributed by atoms with Crippen LogP contribution in [-0.4, -0.2) is 22.1 Å². The number of phenols is 2. The van der Waals surface area contributed by atoms with Gasteiger partial charge in [-0.3, -0.25) is 4.79 Å². The zero-order chi connectivity index (χ0) is 21.0. The molecule has 6 N–H and O–H groups in total. The fourth-order valence-electron chi connectivity index (χ4n) is 2.92. The highest BCUT2D eigenvalue weighted by Crippen LogP contribution is 2.32. The van der Waals surface area contributed by atoms with E-state index in [0.717, 1.165) is 27.8 Å². The van der Waals surface area contributed by atoms with Gasteiger partial charge in [-0.1, -0.05) is 36.4 Å². The molecule has 0 unspecified atom stereocenters. The number of benzene rings is 3. The van der Waals surface area contributed by atoms with E-state index in [1.165, 1.54) is 0 Å². The number of carbonyl (C=O) groups is 1. The number of amides is 1. The van der Waals surface area contributed by atoms with Gasteiger partial charge in [-0.05, 0) is 71.1 Å². The first-order valence-electron chi connectivity index (χ1n) is 8.88. The molecule has 0 heterocycles. The molecule has 6 nitrogen and oxygen atoms in total.